The van der Waals surface area contributed by atoms with E-state index in [1.165, 1.54) is 0 Å². The number of aryl methyl sites for hydroxylation is 3. The van der Waals surface area contributed by atoms with Crippen LogP contribution in [0.15, 0.2) is 30.3 Å². The number of hydrogen-bond donors (Lipinski definition) is 0. The van der Waals surface area contributed by atoms with Gasteiger partial charge in [0.05, 0.1) is 12.5 Å². The lowest BCUT2D eigenvalue weighted by Gasteiger charge is -2.29. The molecule has 3 aromatic rings. The van der Waals surface area contributed by atoms with Crippen LogP contribution in [0.4, 0.5) is 0 Å². The van der Waals surface area contributed by atoms with Gasteiger partial charge in [0.25, 0.3) is 0 Å². The number of fused-ring (bicyclic) bond motifs is 1. The Hall–Kier alpha value is -2.89. The van der Waals surface area contributed by atoms with Gasteiger partial charge in [-0.3, -0.25) is 4.79 Å². The third-order valence-corrected chi connectivity index (χ3v) is 5.94. The van der Waals surface area contributed by atoms with E-state index in [1.54, 1.807) is 11.8 Å². The monoisotopic (exact) mass is 408 g/mol. The smallest absolute Gasteiger partial charge is 0.242 e. The van der Waals surface area contributed by atoms with Gasteiger partial charge in [-0.15, -0.1) is 5.10 Å². The van der Waals surface area contributed by atoms with E-state index < -0.39 is 0 Å². The molecule has 3 rings (SSSR count). The average Bonchev–Trinajstić information content (AvgIpc) is 3.07. The Morgan fingerprint density at radius 2 is 1.93 bits per heavy atom. The molecule has 0 N–H and O–H groups in total. The Morgan fingerprint density at radius 3 is 2.57 bits per heavy atom. The van der Waals surface area contributed by atoms with Gasteiger partial charge in [0.1, 0.15) is 0 Å². The van der Waals surface area contributed by atoms with E-state index in [-0.39, 0.29) is 11.9 Å². The Kier molecular flexibility index (Phi) is 6.75. The molecule has 2 aromatic heterocycles. The van der Waals surface area contributed by atoms with Crippen molar-refractivity contribution in [1.82, 2.24) is 19.7 Å². The summed E-state index contributed by atoms with van der Waals surface area (Å²) in [7, 11) is 3.49. The third-order valence-electron chi connectivity index (χ3n) is 5.94. The Balaban J connectivity index is 1.83. The number of pyridine rings is 1. The summed E-state index contributed by atoms with van der Waals surface area (Å²) >= 11 is 0. The largest absolute Gasteiger partial charge is 0.479 e. The van der Waals surface area contributed by atoms with Gasteiger partial charge < -0.3 is 9.64 Å². The molecule has 30 heavy (non-hydrogen) atoms. The van der Waals surface area contributed by atoms with Crippen molar-refractivity contribution in [1.29, 1.82) is 0 Å². The van der Waals surface area contributed by atoms with Crippen LogP contribution in [0.3, 0.4) is 0 Å². The molecule has 1 atom stereocenters. The molecule has 0 fully saturated rings. The highest BCUT2D eigenvalue weighted by molar-refractivity contribution is 5.86. The van der Waals surface area contributed by atoms with Gasteiger partial charge in [-0.25, -0.2) is 9.67 Å². The summed E-state index contributed by atoms with van der Waals surface area (Å²) in [6, 6.07) is 10.4. The van der Waals surface area contributed by atoms with E-state index in [1.807, 2.05) is 37.1 Å². The quantitative estimate of drug-likeness (QED) is 0.556. The molecular weight excluding hydrogens is 376 g/mol. The molecule has 0 saturated carbocycles. The molecule has 6 heteroatoms. The van der Waals surface area contributed by atoms with Crippen molar-refractivity contribution in [3.63, 3.8) is 0 Å². The summed E-state index contributed by atoms with van der Waals surface area (Å²) in [5, 5.41) is 5.34. The zero-order valence-electron chi connectivity index (χ0n) is 18.9. The standard InChI is InChI=1S/C24H32N4O2/c1-7-16(2)28(15-19-11-9-8-10-12-19)21(29)14-13-20-17(3)22-23(25-18(20)4)27(5)26-24(22)30-6/h8-12,16H,7,13-15H2,1-6H3/t16-/m1/s1. The van der Waals surface area contributed by atoms with E-state index in [0.717, 1.165) is 39.8 Å². The first-order valence-corrected chi connectivity index (χ1v) is 10.6. The van der Waals surface area contributed by atoms with Gasteiger partial charge in [0.15, 0.2) is 5.65 Å². The first-order valence-electron chi connectivity index (χ1n) is 10.6. The van der Waals surface area contributed by atoms with Crippen LogP contribution in [-0.2, 0) is 24.8 Å². The van der Waals surface area contributed by atoms with Gasteiger partial charge >= 0.3 is 0 Å². The lowest BCUT2D eigenvalue weighted by atomic mass is 9.99. The predicted molar refractivity (Wildman–Crippen MR) is 120 cm³/mol. The molecule has 1 amide bonds. The number of carbonyl (C=O) groups is 1. The summed E-state index contributed by atoms with van der Waals surface area (Å²) in [6.45, 7) is 8.95. The SMILES string of the molecule is CC[C@@H](C)N(Cc1ccccc1)C(=O)CCc1c(C)nc2c(c(OC)nn2C)c1C. The second-order valence-corrected chi connectivity index (χ2v) is 7.90. The van der Waals surface area contributed by atoms with Crippen molar-refractivity contribution in [3.8, 4) is 5.88 Å². The maximum absolute atomic E-state index is 13.2. The van der Waals surface area contributed by atoms with Crippen molar-refractivity contribution in [2.75, 3.05) is 7.11 Å². The highest BCUT2D eigenvalue weighted by atomic mass is 16.5. The summed E-state index contributed by atoms with van der Waals surface area (Å²) < 4.78 is 7.20. The molecular formula is C24H32N4O2. The molecule has 2 heterocycles. The Morgan fingerprint density at radius 1 is 1.23 bits per heavy atom. The van der Waals surface area contributed by atoms with Crippen molar-refractivity contribution in [3.05, 3.63) is 52.7 Å². The number of hydrogen-bond acceptors (Lipinski definition) is 4. The number of benzene rings is 1. The molecule has 0 aliphatic carbocycles. The van der Waals surface area contributed by atoms with Gasteiger partial charge in [-0.1, -0.05) is 37.3 Å². The zero-order valence-corrected chi connectivity index (χ0v) is 18.9. The fourth-order valence-electron chi connectivity index (χ4n) is 3.97. The number of rotatable bonds is 8. The molecule has 0 aliphatic rings. The van der Waals surface area contributed by atoms with E-state index >= 15 is 0 Å². The number of ether oxygens (including phenoxy) is 1. The number of aromatic nitrogens is 3. The second kappa shape index (κ2) is 9.28. The minimum atomic E-state index is 0.172. The Bertz CT molecular complexity index is 1030. The van der Waals surface area contributed by atoms with E-state index in [2.05, 4.69) is 38.0 Å². The highest BCUT2D eigenvalue weighted by Gasteiger charge is 2.22. The molecule has 1 aromatic carbocycles. The van der Waals surface area contributed by atoms with Crippen molar-refractivity contribution < 1.29 is 9.53 Å². The maximum Gasteiger partial charge on any atom is 0.242 e. The molecule has 0 bridgehead atoms. The van der Waals surface area contributed by atoms with Crippen LogP contribution in [0.1, 0.15) is 49.1 Å². The molecule has 0 spiro atoms. The van der Waals surface area contributed by atoms with Crippen molar-refractivity contribution in [2.24, 2.45) is 7.05 Å². The van der Waals surface area contributed by atoms with Gasteiger partial charge in [-0.05, 0) is 50.3 Å². The first-order chi connectivity index (χ1) is 14.4. The minimum absolute atomic E-state index is 0.172. The van der Waals surface area contributed by atoms with Gasteiger partial charge in [-0.2, -0.15) is 0 Å². The minimum Gasteiger partial charge on any atom is -0.479 e. The number of methoxy groups -OCH3 is 1. The van der Waals surface area contributed by atoms with Crippen LogP contribution in [0.2, 0.25) is 0 Å². The maximum atomic E-state index is 13.2. The van der Waals surface area contributed by atoms with Crippen LogP contribution in [-0.4, -0.2) is 38.7 Å². The molecule has 0 aliphatic heterocycles. The van der Waals surface area contributed by atoms with E-state index in [9.17, 15) is 4.79 Å². The van der Waals surface area contributed by atoms with Crippen molar-refractivity contribution in [2.45, 2.75) is 59.5 Å². The molecule has 6 nitrogen and oxygen atoms in total. The lowest BCUT2D eigenvalue weighted by Crippen LogP contribution is -2.38. The first kappa shape index (κ1) is 21.8. The van der Waals surface area contributed by atoms with Crippen LogP contribution < -0.4 is 4.74 Å². The number of nitrogens with zero attached hydrogens (tertiary/aromatic N) is 4. The topological polar surface area (TPSA) is 60.3 Å². The molecule has 0 saturated heterocycles. The molecule has 160 valence electrons. The summed E-state index contributed by atoms with van der Waals surface area (Å²) in [5.74, 6) is 0.751. The van der Waals surface area contributed by atoms with Gasteiger partial charge in [0, 0.05) is 31.7 Å². The summed E-state index contributed by atoms with van der Waals surface area (Å²) in [6.07, 6.45) is 2.03. The molecule has 0 radical (unpaired) electrons. The number of amides is 1. The lowest BCUT2D eigenvalue weighted by molar-refractivity contribution is -0.134. The van der Waals surface area contributed by atoms with Gasteiger partial charge in [0.2, 0.25) is 11.8 Å². The Labute approximate surface area is 178 Å². The van der Waals surface area contributed by atoms with E-state index in [0.29, 0.717) is 25.3 Å². The van der Waals surface area contributed by atoms with Crippen molar-refractivity contribution >= 4 is 16.9 Å². The van der Waals surface area contributed by atoms with Crippen LogP contribution in [0.5, 0.6) is 5.88 Å². The zero-order chi connectivity index (χ0) is 21.8. The fraction of sp³-hybridized carbons (Fsp3) is 0.458. The normalized spacial score (nSPS) is 12.2. The average molecular weight is 409 g/mol. The second-order valence-electron chi connectivity index (χ2n) is 7.90. The fourth-order valence-corrected chi connectivity index (χ4v) is 3.97. The predicted octanol–water partition coefficient (Wildman–Crippen LogP) is 4.35. The van der Waals surface area contributed by atoms with Crippen LogP contribution in [0, 0.1) is 13.8 Å². The molecule has 0 unspecified atom stereocenters. The number of carbonyl (C=O) groups excluding carboxylic acids is 1. The highest BCUT2D eigenvalue weighted by Crippen LogP contribution is 2.30. The van der Waals surface area contributed by atoms with Crippen LogP contribution in [0.25, 0.3) is 11.0 Å². The summed E-state index contributed by atoms with van der Waals surface area (Å²) in [5.41, 5.74) is 5.10. The van der Waals surface area contributed by atoms with Crippen LogP contribution >= 0.6 is 0 Å². The third kappa shape index (κ3) is 4.32. The summed E-state index contributed by atoms with van der Waals surface area (Å²) in [4.78, 5) is 19.9. The van der Waals surface area contributed by atoms with E-state index in [4.69, 9.17) is 9.72 Å².